The second-order valence-corrected chi connectivity index (χ2v) is 12.0. The minimum absolute atomic E-state index is 0.0663. The predicted molar refractivity (Wildman–Crippen MR) is 146 cm³/mol. The quantitative estimate of drug-likeness (QED) is 0.431. The lowest BCUT2D eigenvalue weighted by molar-refractivity contribution is -0.118. The number of H-pyrrole nitrogens is 1. The molecule has 0 bridgehead atoms. The lowest BCUT2D eigenvalue weighted by atomic mass is 9.68. The lowest BCUT2D eigenvalue weighted by Gasteiger charge is -2.44. The molecule has 0 saturated heterocycles. The third-order valence-corrected chi connectivity index (χ3v) is 8.03. The minimum Gasteiger partial charge on any atom is -0.493 e. The average molecular weight is 552 g/mol. The fraction of sp³-hybridized carbons (Fsp3) is 0.296. The number of sulfonamides is 1. The van der Waals surface area contributed by atoms with E-state index in [1.165, 1.54) is 26.4 Å². The molecule has 0 spiro atoms. The Morgan fingerprint density at radius 1 is 1.03 bits per heavy atom. The highest BCUT2D eigenvalue weighted by atomic mass is 32.2. The van der Waals surface area contributed by atoms with Gasteiger partial charge in [-0.05, 0) is 53.8 Å². The van der Waals surface area contributed by atoms with Gasteiger partial charge in [-0.25, -0.2) is 18.4 Å². The SMILES string of the molecule is COc1ccc(C2C3=C(CC(C)(C)CC3=O)N(c3ccc(S(N)(=O)=O)cc3)c3nc(=O)[nH]c(N)c32)cc1OC. The van der Waals surface area contributed by atoms with Crippen molar-refractivity contribution in [2.45, 2.75) is 37.5 Å². The van der Waals surface area contributed by atoms with Gasteiger partial charge in [-0.3, -0.25) is 14.7 Å². The molecule has 5 N–H and O–H groups in total. The van der Waals surface area contributed by atoms with Gasteiger partial charge in [0.05, 0.1) is 19.1 Å². The first kappa shape index (κ1) is 26.4. The monoisotopic (exact) mass is 551 g/mol. The molecule has 1 unspecified atom stereocenters. The zero-order valence-electron chi connectivity index (χ0n) is 21.9. The molecular formula is C27H29N5O6S. The Hall–Kier alpha value is -4.16. The Morgan fingerprint density at radius 2 is 1.69 bits per heavy atom. The molecule has 1 aromatic heterocycles. The first-order valence-electron chi connectivity index (χ1n) is 12.2. The van der Waals surface area contributed by atoms with Crippen LogP contribution in [-0.4, -0.2) is 38.4 Å². The van der Waals surface area contributed by atoms with Gasteiger partial charge in [0.25, 0.3) is 0 Å². The summed E-state index contributed by atoms with van der Waals surface area (Å²) in [5.74, 6) is 0.598. The first-order chi connectivity index (χ1) is 18.3. The maximum Gasteiger partial charge on any atom is 0.348 e. The zero-order valence-corrected chi connectivity index (χ0v) is 22.8. The van der Waals surface area contributed by atoms with Crippen LogP contribution < -0.4 is 30.9 Å². The summed E-state index contributed by atoms with van der Waals surface area (Å²) >= 11 is 0. The van der Waals surface area contributed by atoms with Crippen LogP contribution in [0.4, 0.5) is 17.3 Å². The van der Waals surface area contributed by atoms with E-state index in [1.54, 1.807) is 29.2 Å². The van der Waals surface area contributed by atoms with E-state index < -0.39 is 21.6 Å². The van der Waals surface area contributed by atoms with E-state index in [9.17, 15) is 18.0 Å². The highest BCUT2D eigenvalue weighted by Crippen LogP contribution is 2.54. The number of ketones is 1. The normalized spacial score (nSPS) is 18.4. The van der Waals surface area contributed by atoms with E-state index >= 15 is 0 Å². The largest absolute Gasteiger partial charge is 0.493 e. The number of allylic oxidation sites excluding steroid dienone is 2. The molecule has 3 aromatic rings. The van der Waals surface area contributed by atoms with Crippen LogP contribution >= 0.6 is 0 Å². The van der Waals surface area contributed by atoms with Crippen LogP contribution in [0.15, 0.2) is 63.4 Å². The lowest BCUT2D eigenvalue weighted by Crippen LogP contribution is -2.39. The fourth-order valence-electron chi connectivity index (χ4n) is 5.47. The maximum atomic E-state index is 13.9. The highest BCUT2D eigenvalue weighted by Gasteiger charge is 2.45. The number of hydrogen-bond acceptors (Lipinski definition) is 9. The fourth-order valence-corrected chi connectivity index (χ4v) is 5.99. The van der Waals surface area contributed by atoms with Gasteiger partial charge in [0.2, 0.25) is 10.0 Å². The van der Waals surface area contributed by atoms with Crippen molar-refractivity contribution in [2.24, 2.45) is 10.6 Å². The van der Waals surface area contributed by atoms with Crippen LogP contribution in [0.25, 0.3) is 0 Å². The Balaban J connectivity index is 1.84. The summed E-state index contributed by atoms with van der Waals surface area (Å²) < 4.78 is 34.7. The standard InChI is InChI=1S/C27H29N5O6S/c1-27(2)12-17-22(18(33)13-27)21(14-5-10-19(37-3)20(11-14)38-4)23-24(28)30-26(34)31-25(23)32(17)15-6-8-16(9-7-15)39(29,35)36/h5-11,21H,12-13H2,1-4H3,(H2,29,35,36)(H3,28,30,31,34). The van der Waals surface area contributed by atoms with Crippen LogP contribution in [0, 0.1) is 5.41 Å². The topological polar surface area (TPSA) is 171 Å². The smallest absolute Gasteiger partial charge is 0.348 e. The molecule has 204 valence electrons. The molecule has 5 rings (SSSR count). The Kier molecular flexibility index (Phi) is 6.27. The van der Waals surface area contributed by atoms with Gasteiger partial charge < -0.3 is 15.2 Å². The first-order valence-corrected chi connectivity index (χ1v) is 13.7. The molecule has 12 heteroatoms. The number of rotatable bonds is 5. The van der Waals surface area contributed by atoms with Gasteiger partial charge in [-0.2, -0.15) is 4.98 Å². The van der Waals surface area contributed by atoms with Crippen molar-refractivity contribution in [1.82, 2.24) is 9.97 Å². The summed E-state index contributed by atoms with van der Waals surface area (Å²) in [7, 11) is -0.872. The van der Waals surface area contributed by atoms with Crippen molar-refractivity contribution in [3.05, 3.63) is 75.3 Å². The van der Waals surface area contributed by atoms with Gasteiger partial charge >= 0.3 is 5.69 Å². The molecule has 1 aliphatic carbocycles. The molecule has 0 radical (unpaired) electrons. The molecule has 2 aromatic carbocycles. The number of aromatic amines is 1. The van der Waals surface area contributed by atoms with E-state index in [-0.39, 0.29) is 27.7 Å². The van der Waals surface area contributed by atoms with E-state index in [4.69, 9.17) is 20.3 Å². The van der Waals surface area contributed by atoms with E-state index in [0.29, 0.717) is 52.4 Å². The number of nitrogens with two attached hydrogens (primary N) is 2. The summed E-state index contributed by atoms with van der Waals surface area (Å²) in [6, 6.07) is 11.2. The van der Waals surface area contributed by atoms with Crippen molar-refractivity contribution in [1.29, 1.82) is 0 Å². The van der Waals surface area contributed by atoms with Crippen molar-refractivity contribution in [3.63, 3.8) is 0 Å². The number of benzene rings is 2. The van der Waals surface area contributed by atoms with Crippen molar-refractivity contribution in [3.8, 4) is 11.5 Å². The molecular weight excluding hydrogens is 522 g/mol. The van der Waals surface area contributed by atoms with Crippen LogP contribution in [0.2, 0.25) is 0 Å². The molecule has 0 saturated carbocycles. The van der Waals surface area contributed by atoms with Crippen molar-refractivity contribution < 1.29 is 22.7 Å². The van der Waals surface area contributed by atoms with E-state index in [1.807, 2.05) is 19.9 Å². The van der Waals surface area contributed by atoms with E-state index in [2.05, 4.69) is 9.97 Å². The van der Waals surface area contributed by atoms with E-state index in [0.717, 1.165) is 0 Å². The Labute approximate surface area is 225 Å². The van der Waals surface area contributed by atoms with Crippen LogP contribution in [-0.2, 0) is 14.8 Å². The number of fused-ring (bicyclic) bond motifs is 1. The average Bonchev–Trinajstić information content (AvgIpc) is 2.85. The summed E-state index contributed by atoms with van der Waals surface area (Å²) in [6.45, 7) is 3.99. The summed E-state index contributed by atoms with van der Waals surface area (Å²) in [4.78, 5) is 35.0. The van der Waals surface area contributed by atoms with Crippen LogP contribution in [0.5, 0.6) is 11.5 Å². The maximum absolute atomic E-state index is 13.9. The summed E-state index contributed by atoms with van der Waals surface area (Å²) in [6.07, 6.45) is 0.794. The number of methoxy groups -OCH3 is 2. The highest BCUT2D eigenvalue weighted by molar-refractivity contribution is 7.89. The third kappa shape index (κ3) is 4.55. The number of carbonyl (C=O) groups excluding carboxylic acids is 1. The van der Waals surface area contributed by atoms with Gasteiger partial charge in [0.15, 0.2) is 23.1 Å². The van der Waals surface area contributed by atoms with Crippen LogP contribution in [0.1, 0.15) is 43.7 Å². The van der Waals surface area contributed by atoms with Crippen molar-refractivity contribution >= 4 is 33.1 Å². The van der Waals surface area contributed by atoms with Gasteiger partial charge in [-0.15, -0.1) is 0 Å². The number of carbonyl (C=O) groups is 1. The summed E-state index contributed by atoms with van der Waals surface area (Å²) in [5.41, 5.74) is 8.22. The number of anilines is 3. The molecule has 39 heavy (non-hydrogen) atoms. The van der Waals surface area contributed by atoms with Crippen molar-refractivity contribution in [2.75, 3.05) is 24.9 Å². The molecule has 1 atom stereocenters. The van der Waals surface area contributed by atoms with Gasteiger partial charge in [0, 0.05) is 34.9 Å². The number of hydrogen-bond donors (Lipinski definition) is 3. The van der Waals surface area contributed by atoms with Gasteiger partial charge in [-0.1, -0.05) is 19.9 Å². The van der Waals surface area contributed by atoms with Crippen LogP contribution in [0.3, 0.4) is 0 Å². The predicted octanol–water partition coefficient (Wildman–Crippen LogP) is 2.94. The number of primary sulfonamides is 1. The number of nitrogen functional groups attached to an aromatic ring is 1. The second kappa shape index (κ2) is 9.24. The summed E-state index contributed by atoms with van der Waals surface area (Å²) in [5, 5.41) is 5.30. The number of ether oxygens (including phenoxy) is 2. The molecule has 2 heterocycles. The molecule has 0 fully saturated rings. The molecule has 2 aliphatic rings. The molecule has 11 nitrogen and oxygen atoms in total. The Morgan fingerprint density at radius 3 is 2.31 bits per heavy atom. The molecule has 1 aliphatic heterocycles. The number of nitrogens with one attached hydrogen (secondary N) is 1. The Bertz CT molecular complexity index is 1690. The molecule has 0 amide bonds. The third-order valence-electron chi connectivity index (χ3n) is 7.10. The van der Waals surface area contributed by atoms with Gasteiger partial charge in [0.1, 0.15) is 5.82 Å². The minimum atomic E-state index is -3.93. The second-order valence-electron chi connectivity index (χ2n) is 10.4. The zero-order chi connectivity index (χ0) is 28.3. The number of nitrogens with zero attached hydrogens (tertiary/aromatic N) is 2. The number of aromatic nitrogens is 2. The number of Topliss-reactive ketones (excluding diaryl/α,β-unsaturated/α-hetero) is 1.